The molecule has 4 aliphatic rings. The van der Waals surface area contributed by atoms with E-state index in [2.05, 4.69) is 21.9 Å². The summed E-state index contributed by atoms with van der Waals surface area (Å²) in [4.78, 5) is 4.75. The molecule has 6 nitrogen and oxygen atoms in total. The normalized spacial score (nSPS) is 21.4. The Balaban J connectivity index is 0.000000244. The van der Waals surface area contributed by atoms with Crippen molar-refractivity contribution in [2.24, 2.45) is 11.8 Å². The van der Waals surface area contributed by atoms with E-state index in [1.165, 1.54) is 36.2 Å². The number of methoxy groups -OCH3 is 1. The third-order valence-electron chi connectivity index (χ3n) is 14.3. The molecular formula is C53H68Cl2F6N2O4. The van der Waals surface area contributed by atoms with Gasteiger partial charge in [-0.15, -0.1) is 0 Å². The van der Waals surface area contributed by atoms with Gasteiger partial charge < -0.3 is 29.1 Å². The second kappa shape index (κ2) is 23.9. The summed E-state index contributed by atoms with van der Waals surface area (Å²) in [7, 11) is 1.80. The largest absolute Gasteiger partial charge is 0.493 e. The van der Waals surface area contributed by atoms with Gasteiger partial charge in [-0.25, -0.2) is 0 Å². The van der Waals surface area contributed by atoms with Crippen LogP contribution >= 0.6 is 23.2 Å². The molecule has 2 heterocycles. The van der Waals surface area contributed by atoms with Crippen LogP contribution in [0.25, 0.3) is 0 Å². The number of aliphatic hydroxyl groups excluding tert-OH is 1. The maximum Gasteiger partial charge on any atom is 0.416 e. The number of hydrogen-bond donors (Lipinski definition) is 1. The maximum absolute atomic E-state index is 12.7. The summed E-state index contributed by atoms with van der Waals surface area (Å²) in [6, 6.07) is 25.8. The van der Waals surface area contributed by atoms with Gasteiger partial charge in [0.25, 0.3) is 0 Å². The predicted molar refractivity (Wildman–Crippen MR) is 256 cm³/mol. The van der Waals surface area contributed by atoms with Gasteiger partial charge in [-0.3, -0.25) is 0 Å². The van der Waals surface area contributed by atoms with Crippen LogP contribution in [0.4, 0.5) is 26.3 Å². The molecule has 0 aromatic heterocycles. The lowest BCUT2D eigenvalue weighted by Gasteiger charge is -2.49. The number of hydrogen-bond acceptors (Lipinski definition) is 6. The van der Waals surface area contributed by atoms with Gasteiger partial charge >= 0.3 is 12.4 Å². The second-order valence-corrected chi connectivity index (χ2v) is 19.3. The Morgan fingerprint density at radius 1 is 0.582 bits per heavy atom. The average Bonchev–Trinajstić information content (AvgIpc) is 3.25. The summed E-state index contributed by atoms with van der Waals surface area (Å²) in [5.41, 5.74) is 0.948. The van der Waals surface area contributed by atoms with Crippen LogP contribution in [-0.4, -0.2) is 86.7 Å². The van der Waals surface area contributed by atoms with Gasteiger partial charge in [0, 0.05) is 66.0 Å². The van der Waals surface area contributed by atoms with Crippen molar-refractivity contribution in [1.82, 2.24) is 9.80 Å². The number of ether oxygens (including phenoxy) is 3. The lowest BCUT2D eigenvalue weighted by molar-refractivity contribution is -0.138. The van der Waals surface area contributed by atoms with E-state index in [1.54, 1.807) is 7.11 Å². The van der Waals surface area contributed by atoms with E-state index in [9.17, 15) is 31.4 Å². The zero-order chi connectivity index (χ0) is 46.2. The van der Waals surface area contributed by atoms with Crippen LogP contribution in [0.2, 0.25) is 10.0 Å². The number of rotatable bonds is 15. The van der Waals surface area contributed by atoms with Gasteiger partial charge in [-0.05, 0) is 148 Å². The molecule has 2 aliphatic carbocycles. The molecule has 0 bridgehead atoms. The van der Waals surface area contributed by atoms with E-state index in [-0.39, 0.29) is 37.7 Å². The van der Waals surface area contributed by atoms with E-state index in [0.717, 1.165) is 125 Å². The molecule has 14 heteroatoms. The standard InChI is InChI=1S/C26H31ClF3NO2.C25H29ClF3NO2.2CH4/c1-32-24(25(13-3-14-25)20-5-9-22(27)10-6-20)17-31-15-2-4-19(16-31)18-33-23-11-7-21(8-12-23)26(28,29)30;26-21-8-4-19(5-9-21)24(12-2-13-24)23(31)16-30-14-1-3-18(15-30)17-32-22-10-6-20(7-11-22)25(27,28)29;;/h5-12,19,24H,2-4,13-18H2,1H3;4-11,18,23,31H,1-3,12-17H2;2*1H4/t19-,24-;18-,23-;;/m11../s1. The van der Waals surface area contributed by atoms with Crippen molar-refractivity contribution in [3.05, 3.63) is 129 Å². The molecule has 1 N–H and O–H groups in total. The number of likely N-dealkylation sites (tertiary alicyclic amines) is 2. The van der Waals surface area contributed by atoms with Gasteiger partial charge in [-0.2, -0.15) is 26.3 Å². The van der Waals surface area contributed by atoms with Crippen molar-refractivity contribution in [1.29, 1.82) is 0 Å². The molecule has 2 aliphatic heterocycles. The first kappa shape index (κ1) is 54.4. The van der Waals surface area contributed by atoms with Crippen molar-refractivity contribution in [2.45, 2.75) is 114 Å². The molecule has 370 valence electrons. The molecule has 0 amide bonds. The molecule has 0 radical (unpaired) electrons. The number of β-amino-alcohol motifs (C(OH)–C–C–N with tert-alkyl or cyclic N) is 1. The highest BCUT2D eigenvalue weighted by Crippen LogP contribution is 2.49. The monoisotopic (exact) mass is 980 g/mol. The summed E-state index contributed by atoms with van der Waals surface area (Å²) in [6.07, 6.45) is 1.62. The van der Waals surface area contributed by atoms with Crippen LogP contribution in [0, 0.1) is 11.8 Å². The number of piperidine rings is 2. The van der Waals surface area contributed by atoms with E-state index >= 15 is 0 Å². The van der Waals surface area contributed by atoms with Gasteiger partial charge in [0.1, 0.15) is 11.5 Å². The van der Waals surface area contributed by atoms with E-state index in [1.807, 2.05) is 36.4 Å². The second-order valence-electron chi connectivity index (χ2n) is 18.5. The van der Waals surface area contributed by atoms with Crippen molar-refractivity contribution >= 4 is 23.2 Å². The molecule has 2 saturated heterocycles. The third-order valence-corrected chi connectivity index (χ3v) is 14.8. The summed E-state index contributed by atoms with van der Waals surface area (Å²) < 4.78 is 94.0. The minimum absolute atomic E-state index is 0. The topological polar surface area (TPSA) is 54.4 Å². The summed E-state index contributed by atoms with van der Waals surface area (Å²) in [5.74, 6) is 1.55. The Bertz CT molecular complexity index is 2080. The quantitative estimate of drug-likeness (QED) is 0.120. The van der Waals surface area contributed by atoms with Gasteiger partial charge in [0.15, 0.2) is 0 Å². The van der Waals surface area contributed by atoms with Crippen LogP contribution in [0.1, 0.15) is 101 Å². The number of aliphatic hydroxyl groups is 1. The minimum atomic E-state index is -4.34. The maximum atomic E-state index is 12.7. The molecule has 2 saturated carbocycles. The lowest BCUT2D eigenvalue weighted by atomic mass is 9.61. The zero-order valence-corrected chi connectivity index (χ0v) is 38.4. The highest BCUT2D eigenvalue weighted by molar-refractivity contribution is 6.30. The smallest absolute Gasteiger partial charge is 0.416 e. The highest BCUT2D eigenvalue weighted by atomic mass is 35.5. The van der Waals surface area contributed by atoms with E-state index in [4.69, 9.17) is 37.4 Å². The van der Waals surface area contributed by atoms with Crippen LogP contribution in [0.5, 0.6) is 11.5 Å². The molecule has 8 rings (SSSR count). The number of benzene rings is 4. The predicted octanol–water partition coefficient (Wildman–Crippen LogP) is 13.8. The molecule has 0 unspecified atom stereocenters. The molecule has 67 heavy (non-hydrogen) atoms. The van der Waals surface area contributed by atoms with Crippen molar-refractivity contribution < 1.29 is 45.7 Å². The SMILES string of the molecule is C.C.CO[C@H](CN1CCC[C@@H](COc2ccc(C(F)(F)F)cc2)C1)C1(c2ccc(Cl)cc2)CCC1.O[C@H](CN1CCC[C@@H](COc2ccc(C(F)(F)F)cc2)C1)C1(c2ccc(Cl)cc2)CCC1. The minimum Gasteiger partial charge on any atom is -0.493 e. The van der Waals surface area contributed by atoms with Gasteiger partial charge in [0.05, 0.1) is 36.5 Å². The van der Waals surface area contributed by atoms with Crippen LogP contribution < -0.4 is 9.47 Å². The molecular weight excluding hydrogens is 913 g/mol. The Hall–Kier alpha value is -3.52. The van der Waals surface area contributed by atoms with E-state index < -0.39 is 29.6 Å². The Morgan fingerprint density at radius 3 is 1.33 bits per heavy atom. The molecule has 4 aromatic rings. The van der Waals surface area contributed by atoms with Crippen molar-refractivity contribution in [3.63, 3.8) is 0 Å². The van der Waals surface area contributed by atoms with Crippen LogP contribution in [0.3, 0.4) is 0 Å². The van der Waals surface area contributed by atoms with Gasteiger partial charge in [0.2, 0.25) is 0 Å². The Labute approximate surface area is 403 Å². The molecule has 4 fully saturated rings. The fourth-order valence-electron chi connectivity index (χ4n) is 10.2. The van der Waals surface area contributed by atoms with Crippen LogP contribution in [0.15, 0.2) is 97.1 Å². The van der Waals surface area contributed by atoms with Gasteiger partial charge in [-0.1, -0.05) is 75.2 Å². The van der Waals surface area contributed by atoms with Crippen molar-refractivity contribution in [2.75, 3.05) is 59.6 Å². The number of nitrogens with zero attached hydrogens (tertiary/aromatic N) is 2. The van der Waals surface area contributed by atoms with E-state index in [0.29, 0.717) is 42.2 Å². The third kappa shape index (κ3) is 13.8. The average molecular weight is 982 g/mol. The lowest BCUT2D eigenvalue weighted by Crippen LogP contribution is -2.53. The highest BCUT2D eigenvalue weighted by Gasteiger charge is 2.47. The van der Waals surface area contributed by atoms with Crippen molar-refractivity contribution in [3.8, 4) is 11.5 Å². The molecule has 4 atom stereocenters. The number of halogens is 8. The van der Waals surface area contributed by atoms with Crippen LogP contribution in [-0.2, 0) is 27.9 Å². The Morgan fingerprint density at radius 2 is 0.970 bits per heavy atom. The first-order valence-electron chi connectivity index (χ1n) is 22.8. The fraction of sp³-hybridized carbons (Fsp3) is 0.547. The first-order chi connectivity index (χ1) is 31.1. The zero-order valence-electron chi connectivity index (χ0n) is 36.9. The fourth-order valence-corrected chi connectivity index (χ4v) is 10.5. The molecule has 4 aromatic carbocycles. The molecule has 0 spiro atoms. The first-order valence-corrected chi connectivity index (χ1v) is 23.6. The summed E-state index contributed by atoms with van der Waals surface area (Å²) in [5, 5.41) is 12.6. The summed E-state index contributed by atoms with van der Waals surface area (Å²) >= 11 is 12.2. The summed E-state index contributed by atoms with van der Waals surface area (Å²) in [6.45, 7) is 6.10. The Kier molecular flexibility index (Phi) is 19.4. The number of alkyl halides is 6.